The van der Waals surface area contributed by atoms with Crippen molar-refractivity contribution in [2.75, 3.05) is 0 Å². The maximum absolute atomic E-state index is 14.2. The summed E-state index contributed by atoms with van der Waals surface area (Å²) in [6.45, 7) is 6.03. The van der Waals surface area contributed by atoms with E-state index in [2.05, 4.69) is 37.2 Å². The normalized spacial score (nSPS) is 15.1. The largest absolute Gasteiger partial charge is 0.316 e. The number of pyridine rings is 1. The van der Waals surface area contributed by atoms with E-state index in [1.165, 1.54) is 10.6 Å². The number of aromatic nitrogens is 5. The second kappa shape index (κ2) is 7.75. The molecule has 1 unspecified atom stereocenters. The topological polar surface area (TPSA) is 91.7 Å². The van der Waals surface area contributed by atoms with Crippen molar-refractivity contribution < 1.29 is 9.31 Å². The highest BCUT2D eigenvalue weighted by Gasteiger charge is 2.44. The molecule has 11 heteroatoms. The number of alkyl halides is 1. The van der Waals surface area contributed by atoms with Crippen LogP contribution in [0.5, 0.6) is 0 Å². The second-order valence-corrected chi connectivity index (χ2v) is 8.20. The zero-order valence-electron chi connectivity index (χ0n) is 15.1. The minimum Gasteiger partial charge on any atom is -0.261 e. The molecule has 0 aromatic carbocycles. The first-order chi connectivity index (χ1) is 12.9. The molecule has 1 aliphatic carbocycles. The van der Waals surface area contributed by atoms with Crippen molar-refractivity contribution in [2.24, 2.45) is 0 Å². The summed E-state index contributed by atoms with van der Waals surface area (Å²) in [4.78, 5) is 15.2. The SMILES string of the molecule is CC.Cc1nn(CC2(F)CC2)c2cc(-c3nn(PI)cc3[N+](=O)[O-])ncc12. The molecule has 0 radical (unpaired) electrons. The predicted octanol–water partition coefficient (Wildman–Crippen LogP) is 4.83. The van der Waals surface area contributed by atoms with Gasteiger partial charge in [0.1, 0.15) is 11.9 Å². The fourth-order valence-corrected chi connectivity index (χ4v) is 3.81. The zero-order valence-corrected chi connectivity index (χ0v) is 18.3. The van der Waals surface area contributed by atoms with Crippen LogP contribution in [0.4, 0.5) is 10.1 Å². The highest BCUT2D eigenvalue weighted by Crippen LogP contribution is 2.42. The number of halogens is 2. The van der Waals surface area contributed by atoms with E-state index in [4.69, 9.17) is 0 Å². The molecule has 0 N–H and O–H groups in total. The first-order valence-electron chi connectivity index (χ1n) is 8.53. The van der Waals surface area contributed by atoms with Crippen molar-refractivity contribution in [1.82, 2.24) is 24.3 Å². The van der Waals surface area contributed by atoms with Gasteiger partial charge in [0.05, 0.1) is 34.7 Å². The van der Waals surface area contributed by atoms with Gasteiger partial charge >= 0.3 is 5.69 Å². The van der Waals surface area contributed by atoms with Crippen LogP contribution in [0.3, 0.4) is 0 Å². The van der Waals surface area contributed by atoms with E-state index in [9.17, 15) is 14.5 Å². The number of hydrogen-bond donors (Lipinski definition) is 0. The molecule has 0 bridgehead atoms. The van der Waals surface area contributed by atoms with Gasteiger partial charge in [-0.3, -0.25) is 19.8 Å². The van der Waals surface area contributed by atoms with Gasteiger partial charge < -0.3 is 0 Å². The van der Waals surface area contributed by atoms with E-state index in [0.717, 1.165) is 11.1 Å². The molecule has 0 aliphatic heterocycles. The summed E-state index contributed by atoms with van der Waals surface area (Å²) in [6, 6.07) is 1.71. The first-order valence-corrected chi connectivity index (χ1v) is 12.6. The molecular weight excluding hydrogens is 485 g/mol. The third-order valence-electron chi connectivity index (χ3n) is 4.27. The number of hydrogen-bond acceptors (Lipinski definition) is 5. The quantitative estimate of drug-likeness (QED) is 0.215. The molecule has 0 saturated heterocycles. The van der Waals surface area contributed by atoms with Gasteiger partial charge in [-0.15, -0.1) is 0 Å². The minimum atomic E-state index is -1.19. The van der Waals surface area contributed by atoms with Gasteiger partial charge in [-0.2, -0.15) is 10.2 Å². The summed E-state index contributed by atoms with van der Waals surface area (Å²) in [7, 11) is 0. The molecule has 4 rings (SSSR count). The Balaban J connectivity index is 0.00000102. The van der Waals surface area contributed by atoms with Crippen LogP contribution in [0, 0.1) is 17.0 Å². The molecule has 144 valence electrons. The van der Waals surface area contributed by atoms with Gasteiger partial charge in [0.15, 0.2) is 5.69 Å². The van der Waals surface area contributed by atoms with Gasteiger partial charge in [0, 0.05) is 11.6 Å². The van der Waals surface area contributed by atoms with E-state index in [-0.39, 0.29) is 24.3 Å². The molecule has 1 fully saturated rings. The van der Waals surface area contributed by atoms with Crippen LogP contribution >= 0.6 is 28.4 Å². The Morgan fingerprint density at radius 1 is 1.41 bits per heavy atom. The van der Waals surface area contributed by atoms with Crippen LogP contribution in [-0.2, 0) is 6.54 Å². The van der Waals surface area contributed by atoms with Gasteiger partial charge in [-0.25, -0.2) is 8.84 Å². The Kier molecular flexibility index (Phi) is 5.76. The standard InChI is InChI=1S/C14H13FIN6O2P.C2H6/c1-8-9-5-17-10(13-12(22(23)24)6-21(19-13)25-16)4-11(9)20(18-8)7-14(15)2-3-14;1-2/h4-6,25H,2-3,7H2,1H3;1-2H3. The van der Waals surface area contributed by atoms with Crippen molar-refractivity contribution in [3.05, 3.63) is 34.3 Å². The average Bonchev–Trinajstić information content (AvgIpc) is 3.11. The summed E-state index contributed by atoms with van der Waals surface area (Å²) in [6.07, 6.45) is 4.34. The lowest BCUT2D eigenvalue weighted by Gasteiger charge is -2.07. The van der Waals surface area contributed by atoms with E-state index in [1.807, 2.05) is 20.8 Å². The Bertz CT molecular complexity index is 1000. The molecule has 3 heterocycles. The number of fused-ring (bicyclic) bond motifs is 1. The maximum Gasteiger partial charge on any atom is 0.316 e. The molecule has 3 aromatic rings. The predicted molar refractivity (Wildman–Crippen MR) is 112 cm³/mol. The Morgan fingerprint density at radius 3 is 2.70 bits per heavy atom. The molecule has 1 atom stereocenters. The van der Waals surface area contributed by atoms with E-state index >= 15 is 0 Å². The summed E-state index contributed by atoms with van der Waals surface area (Å²) in [5.41, 5.74) is 0.785. The van der Waals surface area contributed by atoms with Crippen LogP contribution < -0.4 is 0 Å². The van der Waals surface area contributed by atoms with Gasteiger partial charge in [0.2, 0.25) is 0 Å². The molecule has 27 heavy (non-hydrogen) atoms. The van der Waals surface area contributed by atoms with E-state index < -0.39 is 10.6 Å². The fourth-order valence-electron chi connectivity index (χ4n) is 2.76. The van der Waals surface area contributed by atoms with Crippen molar-refractivity contribution in [3.8, 4) is 11.4 Å². The molecule has 0 spiro atoms. The van der Waals surface area contributed by atoms with Gasteiger partial charge in [0.25, 0.3) is 0 Å². The lowest BCUT2D eigenvalue weighted by atomic mass is 10.2. The summed E-state index contributed by atoms with van der Waals surface area (Å²) >= 11 is 2.10. The Labute approximate surface area is 170 Å². The molecule has 0 amide bonds. The van der Waals surface area contributed by atoms with Crippen LogP contribution in [0.25, 0.3) is 22.3 Å². The van der Waals surface area contributed by atoms with Crippen LogP contribution in [0.15, 0.2) is 18.5 Å². The second-order valence-electron chi connectivity index (χ2n) is 6.13. The number of nitro groups is 1. The molecule has 8 nitrogen and oxygen atoms in total. The van der Waals surface area contributed by atoms with E-state index in [1.54, 1.807) is 16.9 Å². The van der Waals surface area contributed by atoms with Crippen molar-refractivity contribution in [2.45, 2.75) is 45.8 Å². The van der Waals surface area contributed by atoms with Crippen molar-refractivity contribution in [1.29, 1.82) is 0 Å². The van der Waals surface area contributed by atoms with Gasteiger partial charge in [-0.05, 0) is 47.9 Å². The van der Waals surface area contributed by atoms with Crippen LogP contribution in [-0.4, -0.2) is 34.9 Å². The fraction of sp³-hybridized carbons (Fsp3) is 0.438. The third-order valence-corrected chi connectivity index (χ3v) is 6.15. The van der Waals surface area contributed by atoms with Crippen molar-refractivity contribution >= 4 is 45.0 Å². The lowest BCUT2D eigenvalue weighted by molar-refractivity contribution is -0.384. The Morgan fingerprint density at radius 2 is 2.11 bits per heavy atom. The monoisotopic (exact) mass is 504 g/mol. The average molecular weight is 504 g/mol. The molecule has 3 aromatic heterocycles. The highest BCUT2D eigenvalue weighted by atomic mass is 127. The minimum absolute atomic E-state index is 0.0945. The zero-order chi connectivity index (χ0) is 19.8. The first kappa shape index (κ1) is 20.1. The van der Waals surface area contributed by atoms with Gasteiger partial charge in [-0.1, -0.05) is 13.8 Å². The molecule has 1 aliphatic rings. The summed E-state index contributed by atoms with van der Waals surface area (Å²) in [5, 5.41) is 20.8. The number of aryl methyl sites for hydroxylation is 1. The molecule has 1 saturated carbocycles. The molecular formula is C16H19FIN6O2P. The van der Waals surface area contributed by atoms with Crippen molar-refractivity contribution in [3.63, 3.8) is 0 Å². The Hall–Kier alpha value is -1.68. The number of rotatable bonds is 5. The smallest absolute Gasteiger partial charge is 0.261 e. The van der Waals surface area contributed by atoms with E-state index in [0.29, 0.717) is 24.1 Å². The van der Waals surface area contributed by atoms with Crippen LogP contribution in [0.2, 0.25) is 0 Å². The summed E-state index contributed by atoms with van der Waals surface area (Å²) in [5.74, 6) is 0. The lowest BCUT2D eigenvalue weighted by Crippen LogP contribution is -2.13. The maximum atomic E-state index is 14.2. The summed E-state index contributed by atoms with van der Waals surface area (Å²) < 4.78 is 17.3. The number of nitrogens with zero attached hydrogens (tertiary/aromatic N) is 6. The van der Waals surface area contributed by atoms with Crippen LogP contribution in [0.1, 0.15) is 32.4 Å². The highest BCUT2D eigenvalue weighted by molar-refractivity contribution is 14.2. The third kappa shape index (κ3) is 3.96.